The van der Waals surface area contributed by atoms with Gasteiger partial charge >= 0.3 is 26.5 Å². The van der Waals surface area contributed by atoms with Crippen molar-refractivity contribution in [1.29, 1.82) is 0 Å². The van der Waals surface area contributed by atoms with E-state index in [0.29, 0.717) is 30.3 Å². The number of hydrogen-bond acceptors (Lipinski definition) is 11. The number of benzene rings is 1. The topological polar surface area (TPSA) is 144 Å². The minimum Gasteiger partial charge on any atom is -0.403 e. The Kier molecular flexibility index (Phi) is 21.3. The van der Waals surface area contributed by atoms with Gasteiger partial charge in [-0.25, -0.2) is 0 Å². The van der Waals surface area contributed by atoms with Crippen molar-refractivity contribution in [1.82, 2.24) is 0 Å². The molecule has 55 heavy (non-hydrogen) atoms. The minimum absolute atomic E-state index is 0. The van der Waals surface area contributed by atoms with Gasteiger partial charge in [0.15, 0.2) is 0 Å². The number of aldehydes is 1. The van der Waals surface area contributed by atoms with Crippen LogP contribution >= 0.6 is 0 Å². The van der Waals surface area contributed by atoms with Crippen LogP contribution in [0.2, 0.25) is 12.6 Å². The predicted molar refractivity (Wildman–Crippen MR) is 214 cm³/mol. The lowest BCUT2D eigenvalue weighted by atomic mass is 9.80. The maximum Gasteiger partial charge on any atom is 0.457 e. The van der Waals surface area contributed by atoms with Gasteiger partial charge in [0.1, 0.15) is 12.9 Å². The molecule has 0 radical (unpaired) electrons. The fourth-order valence-electron chi connectivity index (χ4n) is 7.89. The van der Waals surface area contributed by atoms with Crippen LogP contribution in [0.5, 0.6) is 0 Å². The molecule has 13 heteroatoms. The van der Waals surface area contributed by atoms with E-state index in [4.69, 9.17) is 42.6 Å². The number of oxime groups is 1. The van der Waals surface area contributed by atoms with Gasteiger partial charge in [-0.3, -0.25) is 0 Å². The first-order chi connectivity index (χ1) is 25.3. The molecule has 1 aromatic carbocycles. The Labute approximate surface area is 332 Å². The monoisotopic (exact) mass is 770 g/mol. The van der Waals surface area contributed by atoms with Gasteiger partial charge in [-0.1, -0.05) is 82.4 Å². The van der Waals surface area contributed by atoms with Crippen molar-refractivity contribution in [3.05, 3.63) is 35.9 Å². The average Bonchev–Trinajstić information content (AvgIpc) is 3.75. The van der Waals surface area contributed by atoms with Crippen molar-refractivity contribution in [3.8, 4) is 0 Å². The van der Waals surface area contributed by atoms with Gasteiger partial charge in [0, 0.05) is 12.1 Å². The SMILES string of the molecule is C.C[C@H]1CC(/C=N/OCc2ccccc2)C[C@H]1CCCB1OC(C)(C)C(C)(C)O1.C[C@H]1CC(C=O)C[C@H]1CCCB1OC(C)(C)C(C)(C)O1.O=C=O.O=C=O. The van der Waals surface area contributed by atoms with Crippen LogP contribution in [-0.2, 0) is 54.0 Å². The Hall–Kier alpha value is -2.91. The van der Waals surface area contributed by atoms with Crippen molar-refractivity contribution >= 4 is 39.0 Å². The van der Waals surface area contributed by atoms with Gasteiger partial charge < -0.3 is 28.2 Å². The second-order valence-corrected chi connectivity index (χ2v) is 17.5. The van der Waals surface area contributed by atoms with E-state index in [0.717, 1.165) is 62.0 Å². The second kappa shape index (κ2) is 23.4. The summed E-state index contributed by atoms with van der Waals surface area (Å²) in [5.74, 6) is 3.72. The smallest absolute Gasteiger partial charge is 0.403 e. The summed E-state index contributed by atoms with van der Waals surface area (Å²) in [4.78, 5) is 48.9. The maximum atomic E-state index is 10.9. The van der Waals surface area contributed by atoms with E-state index in [9.17, 15) is 4.79 Å². The minimum atomic E-state index is -0.223. The first kappa shape index (κ1) is 50.1. The molecule has 4 fully saturated rings. The maximum absolute atomic E-state index is 10.9. The molecule has 2 aliphatic heterocycles. The van der Waals surface area contributed by atoms with Gasteiger partial charge in [-0.15, -0.1) is 0 Å². The largest absolute Gasteiger partial charge is 0.457 e. The van der Waals surface area contributed by atoms with Gasteiger partial charge in [0.2, 0.25) is 0 Å². The summed E-state index contributed by atoms with van der Waals surface area (Å²) < 4.78 is 24.3. The van der Waals surface area contributed by atoms with E-state index in [1.165, 1.54) is 25.7 Å². The average molecular weight is 770 g/mol. The lowest BCUT2D eigenvalue weighted by Gasteiger charge is -2.32. The van der Waals surface area contributed by atoms with Gasteiger partial charge in [0.25, 0.3) is 0 Å². The second-order valence-electron chi connectivity index (χ2n) is 17.5. The molecular weight excluding hydrogens is 700 g/mol. The predicted octanol–water partition coefficient (Wildman–Crippen LogP) is 8.91. The van der Waals surface area contributed by atoms with Crippen LogP contribution < -0.4 is 0 Å². The molecule has 308 valence electrons. The van der Waals surface area contributed by atoms with Gasteiger partial charge in [-0.2, -0.15) is 19.2 Å². The highest BCUT2D eigenvalue weighted by atomic mass is 16.7. The van der Waals surface area contributed by atoms with E-state index >= 15 is 0 Å². The summed E-state index contributed by atoms with van der Waals surface area (Å²) in [6, 6.07) is 10.2. The molecular formula is C42H69B2NO10. The molecule has 2 saturated heterocycles. The standard InChI is InChI=1S/C23H36BNO3.C16H29BO3.2CO2.CH4/c1-18-14-20(16-25-26-17-19-10-7-6-8-11-19)15-21(18)12-9-13-24-27-22(2,3)23(4,5)28-24;1-12-9-13(11-18)10-14(12)7-6-8-17-19-15(2,3)16(4,5)20-17;2*2-1-3;/h6-8,10-11,16,18,20-21H,9,12-15,17H2,1-5H3;11-14H,6-10H2,1-5H3;;;1H4/b25-16+;;;;/t18-,20?,21+;12-,13?,14+;;;/m00.../s1. The molecule has 0 N–H and O–H groups in total. The number of carbonyl (C=O) groups excluding carboxylic acids is 5. The third-order valence-electron chi connectivity index (χ3n) is 12.4. The molecule has 2 saturated carbocycles. The molecule has 0 spiro atoms. The molecule has 5 rings (SSSR count). The Morgan fingerprint density at radius 1 is 0.691 bits per heavy atom. The van der Waals surface area contributed by atoms with Crippen LogP contribution in [0.3, 0.4) is 0 Å². The lowest BCUT2D eigenvalue weighted by molar-refractivity contribution is -0.193. The normalized spacial score (nSPS) is 27.9. The van der Waals surface area contributed by atoms with Crippen LogP contribution in [-0.4, -0.2) is 61.4 Å². The molecule has 2 aliphatic carbocycles. The third kappa shape index (κ3) is 15.9. The lowest BCUT2D eigenvalue weighted by Crippen LogP contribution is -2.41. The molecule has 0 amide bonds. The summed E-state index contributed by atoms with van der Waals surface area (Å²) in [5.41, 5.74) is 0.265. The highest BCUT2D eigenvalue weighted by Gasteiger charge is 2.51. The van der Waals surface area contributed by atoms with Crippen molar-refractivity contribution in [3.63, 3.8) is 0 Å². The highest BCUT2D eigenvalue weighted by Crippen LogP contribution is 2.42. The van der Waals surface area contributed by atoms with Crippen LogP contribution in [0.25, 0.3) is 0 Å². The Balaban J connectivity index is 0.000000492. The van der Waals surface area contributed by atoms with E-state index in [-0.39, 0.29) is 56.4 Å². The molecule has 0 aromatic heterocycles. The van der Waals surface area contributed by atoms with Crippen LogP contribution in [0.15, 0.2) is 35.5 Å². The molecule has 0 bridgehead atoms. The summed E-state index contributed by atoms with van der Waals surface area (Å²) in [6.45, 7) is 22.1. The Morgan fingerprint density at radius 2 is 1.07 bits per heavy atom. The number of hydrogen-bond donors (Lipinski definition) is 0. The van der Waals surface area contributed by atoms with Gasteiger partial charge in [-0.05, 0) is 129 Å². The fraction of sp³-hybridized carbons (Fsp3) is 0.762. The quantitative estimate of drug-likeness (QED) is 0.0826. The van der Waals surface area contributed by atoms with Crippen LogP contribution in [0.1, 0.15) is 134 Å². The summed E-state index contributed by atoms with van der Waals surface area (Å²) in [5, 5.41) is 4.23. The third-order valence-corrected chi connectivity index (χ3v) is 12.4. The zero-order valence-corrected chi connectivity index (χ0v) is 34.5. The van der Waals surface area contributed by atoms with Crippen molar-refractivity contribution in [2.24, 2.45) is 40.7 Å². The van der Waals surface area contributed by atoms with E-state index in [1.54, 1.807) is 0 Å². The number of nitrogens with zero attached hydrogens (tertiary/aromatic N) is 1. The van der Waals surface area contributed by atoms with E-state index < -0.39 is 0 Å². The van der Waals surface area contributed by atoms with Crippen LogP contribution in [0.4, 0.5) is 0 Å². The highest BCUT2D eigenvalue weighted by molar-refractivity contribution is 6.45. The number of carbonyl (C=O) groups is 1. The van der Waals surface area contributed by atoms with Crippen LogP contribution in [0, 0.1) is 35.5 Å². The van der Waals surface area contributed by atoms with Crippen molar-refractivity contribution in [2.45, 2.75) is 170 Å². The molecule has 1 aromatic rings. The molecule has 2 unspecified atom stereocenters. The van der Waals surface area contributed by atoms with Crippen molar-refractivity contribution < 1.29 is 47.4 Å². The summed E-state index contributed by atoms with van der Waals surface area (Å²) in [7, 11) is -0.135. The first-order valence-electron chi connectivity index (χ1n) is 19.7. The molecule has 6 atom stereocenters. The van der Waals surface area contributed by atoms with Crippen molar-refractivity contribution in [2.75, 3.05) is 0 Å². The Bertz CT molecular complexity index is 1320. The zero-order chi connectivity index (χ0) is 40.6. The van der Waals surface area contributed by atoms with E-state index in [1.807, 2.05) is 24.4 Å². The first-order valence-corrected chi connectivity index (χ1v) is 19.7. The van der Waals surface area contributed by atoms with Gasteiger partial charge in [0.05, 0.1) is 22.4 Å². The molecule has 11 nitrogen and oxygen atoms in total. The summed E-state index contributed by atoms with van der Waals surface area (Å²) >= 11 is 0. The number of rotatable bonds is 13. The van der Waals surface area contributed by atoms with E-state index in [2.05, 4.69) is 86.5 Å². The molecule has 4 aliphatic rings. The molecule has 2 heterocycles. The fourth-order valence-corrected chi connectivity index (χ4v) is 7.89. The Morgan fingerprint density at radius 3 is 1.45 bits per heavy atom. The zero-order valence-electron chi connectivity index (χ0n) is 34.5. The summed E-state index contributed by atoms with van der Waals surface area (Å²) in [6.07, 6.45) is 14.9.